The van der Waals surface area contributed by atoms with Crippen LogP contribution in [0.3, 0.4) is 0 Å². The van der Waals surface area contributed by atoms with Gasteiger partial charge in [-0.1, -0.05) is 11.6 Å². The van der Waals surface area contributed by atoms with Gasteiger partial charge >= 0.3 is 0 Å². The first-order valence-electron chi connectivity index (χ1n) is 8.40. The van der Waals surface area contributed by atoms with Crippen LogP contribution in [0.4, 0.5) is 4.39 Å². The van der Waals surface area contributed by atoms with Crippen LogP contribution < -0.4 is 5.73 Å². The Balaban J connectivity index is 0.000000253. The number of benzene rings is 2. The molecule has 1 saturated heterocycles. The number of aliphatic hydroxyl groups is 1. The van der Waals surface area contributed by atoms with Gasteiger partial charge in [0.2, 0.25) is 0 Å². The number of halogens is 2. The van der Waals surface area contributed by atoms with E-state index in [4.69, 9.17) is 33.0 Å². The van der Waals surface area contributed by atoms with Crippen molar-refractivity contribution in [3.63, 3.8) is 0 Å². The predicted octanol–water partition coefficient (Wildman–Crippen LogP) is 2.03. The molecule has 0 amide bonds. The van der Waals surface area contributed by atoms with Crippen LogP contribution in [-0.4, -0.2) is 44.0 Å². The van der Waals surface area contributed by atoms with Crippen molar-refractivity contribution in [3.8, 4) is 17.9 Å². The van der Waals surface area contributed by atoms with Crippen LogP contribution in [0.15, 0.2) is 41.3 Å². The number of phenolic OH excluding ortho intramolecular Hbond substituents is 1. The Labute approximate surface area is 174 Å². The third kappa shape index (κ3) is 5.73. The molecule has 0 aromatic heterocycles. The highest BCUT2D eigenvalue weighted by Crippen LogP contribution is 2.26. The van der Waals surface area contributed by atoms with E-state index in [-0.39, 0.29) is 30.0 Å². The van der Waals surface area contributed by atoms with Crippen LogP contribution in [0.25, 0.3) is 0 Å². The van der Waals surface area contributed by atoms with E-state index < -0.39 is 22.4 Å². The molecule has 29 heavy (non-hydrogen) atoms. The fourth-order valence-corrected chi connectivity index (χ4v) is 4.15. The zero-order valence-electron chi connectivity index (χ0n) is 15.2. The van der Waals surface area contributed by atoms with E-state index in [0.29, 0.717) is 22.9 Å². The van der Waals surface area contributed by atoms with E-state index in [2.05, 4.69) is 0 Å². The molecular formula is C19H18ClFN4O3S. The van der Waals surface area contributed by atoms with Crippen molar-refractivity contribution in [1.29, 1.82) is 10.5 Å². The van der Waals surface area contributed by atoms with Crippen molar-refractivity contribution in [2.24, 2.45) is 5.73 Å². The van der Waals surface area contributed by atoms with Crippen molar-refractivity contribution < 1.29 is 18.8 Å². The second kappa shape index (κ2) is 9.79. The van der Waals surface area contributed by atoms with Crippen molar-refractivity contribution in [2.45, 2.75) is 16.9 Å². The van der Waals surface area contributed by atoms with E-state index in [1.807, 2.05) is 6.07 Å². The molecule has 1 aliphatic heterocycles. The van der Waals surface area contributed by atoms with E-state index >= 15 is 0 Å². The molecule has 0 aliphatic carbocycles. The lowest BCUT2D eigenvalue weighted by atomic mass is 10.1. The number of nitrogens with two attached hydrogens (primary N) is 1. The van der Waals surface area contributed by atoms with Gasteiger partial charge in [0.25, 0.3) is 0 Å². The average molecular weight is 437 g/mol. The monoisotopic (exact) mass is 436 g/mol. The number of hydrogen-bond donors (Lipinski definition) is 3. The first kappa shape index (κ1) is 22.8. The van der Waals surface area contributed by atoms with Gasteiger partial charge < -0.3 is 15.9 Å². The third-order valence-corrected chi connectivity index (χ3v) is 5.98. The van der Waals surface area contributed by atoms with Crippen molar-refractivity contribution in [2.75, 3.05) is 19.6 Å². The van der Waals surface area contributed by atoms with E-state index in [9.17, 15) is 13.7 Å². The molecule has 1 unspecified atom stereocenters. The van der Waals surface area contributed by atoms with Crippen LogP contribution in [0.5, 0.6) is 5.75 Å². The quantitative estimate of drug-likeness (QED) is 0.673. The standard InChI is InChI=1S/C12H14ClN3O2S.C7H4FNO/c13-10-1-2-11(9(5-10)6-14)19(18)16-4-3-12(17,7-15)8-16;8-7-3-6(10)2-1-5(7)4-9/h1-2,5,17H,3-4,7-8,15H2;1-3,10H/t12-,19?;/m1./s1. The number of hydrogen-bond acceptors (Lipinski definition) is 6. The van der Waals surface area contributed by atoms with Crippen molar-refractivity contribution >= 4 is 22.6 Å². The van der Waals surface area contributed by atoms with Gasteiger partial charge in [0.05, 0.1) is 21.6 Å². The Bertz CT molecular complexity index is 1010. The SMILES string of the molecule is N#Cc1cc(Cl)ccc1S(=O)N1CC[C@@](O)(CN)C1.N#Cc1ccc(O)cc1F. The molecule has 0 saturated carbocycles. The molecule has 1 fully saturated rings. The molecule has 1 heterocycles. The summed E-state index contributed by atoms with van der Waals surface area (Å²) in [6.07, 6.45) is 0.477. The Morgan fingerprint density at radius 2 is 1.93 bits per heavy atom. The van der Waals surface area contributed by atoms with Crippen LogP contribution in [0.1, 0.15) is 17.5 Å². The molecule has 1 aliphatic rings. The Morgan fingerprint density at radius 3 is 2.48 bits per heavy atom. The first-order valence-corrected chi connectivity index (χ1v) is 9.89. The minimum atomic E-state index is -1.49. The van der Waals surface area contributed by atoms with E-state index in [0.717, 1.165) is 6.07 Å². The lowest BCUT2D eigenvalue weighted by Gasteiger charge is -2.21. The summed E-state index contributed by atoms with van der Waals surface area (Å²) in [5.74, 6) is -0.862. The second-order valence-electron chi connectivity index (χ2n) is 6.32. The molecule has 152 valence electrons. The molecule has 0 radical (unpaired) electrons. The number of phenols is 1. The van der Waals surface area contributed by atoms with Gasteiger partial charge in [-0.05, 0) is 36.8 Å². The highest BCUT2D eigenvalue weighted by Gasteiger charge is 2.37. The largest absolute Gasteiger partial charge is 0.508 e. The maximum absolute atomic E-state index is 12.5. The molecule has 10 heteroatoms. The zero-order chi connectivity index (χ0) is 21.6. The fourth-order valence-electron chi connectivity index (χ4n) is 2.60. The number of nitriles is 2. The molecule has 0 bridgehead atoms. The predicted molar refractivity (Wildman–Crippen MR) is 106 cm³/mol. The summed E-state index contributed by atoms with van der Waals surface area (Å²) < 4.78 is 26.5. The maximum Gasteiger partial charge on any atom is 0.144 e. The van der Waals surface area contributed by atoms with Crippen LogP contribution in [-0.2, 0) is 11.0 Å². The molecule has 0 spiro atoms. The summed E-state index contributed by atoms with van der Waals surface area (Å²) in [6, 6.07) is 11.7. The summed E-state index contributed by atoms with van der Waals surface area (Å²) in [5, 5.41) is 36.5. The minimum Gasteiger partial charge on any atom is -0.508 e. The zero-order valence-corrected chi connectivity index (χ0v) is 16.8. The van der Waals surface area contributed by atoms with Gasteiger partial charge in [0, 0.05) is 30.7 Å². The number of β-amino-alcohol motifs (C(OH)–C–C–N with tert-alkyl or cyclic N) is 1. The van der Waals surface area contributed by atoms with Crippen molar-refractivity contribution in [3.05, 3.63) is 58.4 Å². The van der Waals surface area contributed by atoms with Gasteiger partial charge in [-0.15, -0.1) is 0 Å². The van der Waals surface area contributed by atoms with Gasteiger partial charge in [-0.3, -0.25) is 0 Å². The molecule has 2 aromatic carbocycles. The lowest BCUT2D eigenvalue weighted by molar-refractivity contribution is 0.0655. The van der Waals surface area contributed by atoms with Gasteiger partial charge in [-0.25, -0.2) is 12.9 Å². The number of aromatic hydroxyl groups is 1. The molecular weight excluding hydrogens is 419 g/mol. The molecule has 2 atom stereocenters. The normalized spacial score (nSPS) is 19.5. The summed E-state index contributed by atoms with van der Waals surface area (Å²) in [4.78, 5) is 0.410. The number of nitrogens with zero attached hydrogens (tertiary/aromatic N) is 3. The fraction of sp³-hybridized carbons (Fsp3) is 0.263. The van der Waals surface area contributed by atoms with E-state index in [1.54, 1.807) is 22.5 Å². The highest BCUT2D eigenvalue weighted by molar-refractivity contribution is 7.82. The molecule has 4 N–H and O–H groups in total. The minimum absolute atomic E-state index is 0.0576. The summed E-state index contributed by atoms with van der Waals surface area (Å²) in [5.41, 5.74) is 4.74. The van der Waals surface area contributed by atoms with Gasteiger partial charge in [0.15, 0.2) is 0 Å². The first-order chi connectivity index (χ1) is 13.7. The smallest absolute Gasteiger partial charge is 0.144 e. The van der Waals surface area contributed by atoms with Gasteiger partial charge in [-0.2, -0.15) is 10.5 Å². The van der Waals surface area contributed by atoms with Gasteiger partial charge in [0.1, 0.15) is 34.7 Å². The third-order valence-electron chi connectivity index (χ3n) is 4.24. The van der Waals surface area contributed by atoms with E-state index in [1.165, 1.54) is 18.2 Å². The summed E-state index contributed by atoms with van der Waals surface area (Å²) >= 11 is 5.81. The van der Waals surface area contributed by atoms with Crippen LogP contribution in [0.2, 0.25) is 5.02 Å². The molecule has 2 aromatic rings. The topological polar surface area (TPSA) is 134 Å². The lowest BCUT2D eigenvalue weighted by Crippen LogP contribution is -2.40. The summed E-state index contributed by atoms with van der Waals surface area (Å²) in [6.45, 7) is 0.851. The number of rotatable bonds is 3. The summed E-state index contributed by atoms with van der Waals surface area (Å²) in [7, 11) is -1.49. The molecule has 3 rings (SSSR count). The van der Waals surface area contributed by atoms with Crippen molar-refractivity contribution in [1.82, 2.24) is 4.31 Å². The Morgan fingerprint density at radius 1 is 1.24 bits per heavy atom. The Hall–Kier alpha value is -2.53. The second-order valence-corrected chi connectivity index (χ2v) is 8.21. The Kier molecular flexibility index (Phi) is 7.68. The van der Waals surface area contributed by atoms with Crippen LogP contribution >= 0.6 is 11.6 Å². The molecule has 7 nitrogen and oxygen atoms in total. The average Bonchev–Trinajstić information content (AvgIpc) is 3.11. The maximum atomic E-state index is 12.5. The highest BCUT2D eigenvalue weighted by atomic mass is 35.5. The van der Waals surface area contributed by atoms with Crippen LogP contribution in [0, 0.1) is 28.5 Å².